The molecule has 11 heteroatoms. The largest absolute Gasteiger partial charge is 0.472 e. The highest BCUT2D eigenvalue weighted by molar-refractivity contribution is 7.47. The van der Waals surface area contributed by atoms with Crippen LogP contribution in [0.15, 0.2) is 60.8 Å². The van der Waals surface area contributed by atoms with Gasteiger partial charge in [0.05, 0.1) is 26.4 Å². The Bertz CT molecular complexity index is 863. The van der Waals surface area contributed by atoms with Crippen LogP contribution >= 0.6 is 7.82 Å². The van der Waals surface area contributed by atoms with Crippen LogP contribution in [0.3, 0.4) is 0 Å². The molecular weight excluding hydrogens is 539 g/mol. The van der Waals surface area contributed by atoms with Crippen molar-refractivity contribution in [3.63, 3.8) is 0 Å². The maximum Gasteiger partial charge on any atom is 0.472 e. The second kappa shape index (κ2) is 25.6. The number of carbonyl (C=O) groups is 2. The van der Waals surface area contributed by atoms with E-state index < -0.39 is 58.4 Å². The molecule has 0 aromatic carbocycles. The molecule has 3 N–H and O–H groups in total. The summed E-state index contributed by atoms with van der Waals surface area (Å²) in [7, 11) is -4.61. The van der Waals surface area contributed by atoms with Crippen molar-refractivity contribution in [2.75, 3.05) is 26.4 Å². The number of ether oxygens (including phenoxy) is 2. The molecule has 3 atom stereocenters. The van der Waals surface area contributed by atoms with Crippen molar-refractivity contribution in [3.8, 4) is 0 Å². The van der Waals surface area contributed by atoms with Crippen LogP contribution in [0, 0.1) is 0 Å². The number of unbranched alkanes of at least 4 members (excludes halogenated alkanes) is 1. The van der Waals surface area contributed by atoms with Crippen LogP contribution in [0.2, 0.25) is 0 Å². The second-order valence-electron chi connectivity index (χ2n) is 8.60. The Morgan fingerprint density at radius 1 is 0.700 bits per heavy atom. The maximum atomic E-state index is 12.0. The number of phosphoric acid groups is 1. The number of aliphatic hydroxyl groups is 2. The van der Waals surface area contributed by atoms with Gasteiger partial charge in [-0.15, -0.1) is 0 Å². The fraction of sp³-hybridized carbons (Fsp3) is 0.586. The first-order valence-corrected chi connectivity index (χ1v) is 15.2. The molecule has 0 aromatic heterocycles. The lowest BCUT2D eigenvalue weighted by Crippen LogP contribution is -2.28. The quantitative estimate of drug-likeness (QED) is 0.0592. The van der Waals surface area contributed by atoms with Crippen LogP contribution in [0.1, 0.15) is 71.6 Å². The van der Waals surface area contributed by atoms with Gasteiger partial charge in [-0.1, -0.05) is 74.6 Å². The SMILES string of the molecule is CC/C=C\C/C=C\C/C=C\C/C=C\C/C=C\CCCC(=O)OC(CO)COP(=O)(O)OCC(CO)OC(=O)CC. The van der Waals surface area contributed by atoms with Gasteiger partial charge in [0, 0.05) is 12.8 Å². The summed E-state index contributed by atoms with van der Waals surface area (Å²) in [5.41, 5.74) is 0. The molecule has 0 bridgehead atoms. The maximum absolute atomic E-state index is 12.0. The van der Waals surface area contributed by atoms with Crippen molar-refractivity contribution in [1.29, 1.82) is 0 Å². The van der Waals surface area contributed by atoms with Crippen molar-refractivity contribution in [2.24, 2.45) is 0 Å². The number of aliphatic hydroxyl groups excluding tert-OH is 2. The van der Waals surface area contributed by atoms with E-state index in [0.717, 1.165) is 32.1 Å². The first kappa shape index (κ1) is 37.7. The molecule has 0 radical (unpaired) electrons. The third-order valence-electron chi connectivity index (χ3n) is 5.05. The number of hydrogen-bond acceptors (Lipinski definition) is 9. The standard InChI is InChI=1S/C29H47O10P/c1-3-5-6-7-8-9-10-11-12-13-14-15-16-17-18-19-20-21-29(33)39-27(23-31)25-37-40(34,35)36-24-26(22-30)38-28(32)4-2/h5-6,8-9,11-12,14-15,17-18,26-27,30-31H,3-4,7,10,13,16,19-25H2,1-2H3,(H,34,35)/b6-5-,9-8-,12-11-,15-14-,18-17-. The van der Waals surface area contributed by atoms with Crippen LogP contribution in [-0.2, 0) is 32.7 Å². The molecule has 0 aliphatic rings. The molecule has 0 amide bonds. The van der Waals surface area contributed by atoms with Gasteiger partial charge < -0.3 is 24.6 Å². The Kier molecular flexibility index (Phi) is 24.1. The minimum Gasteiger partial charge on any atom is -0.457 e. The second-order valence-corrected chi connectivity index (χ2v) is 10.1. The van der Waals surface area contributed by atoms with Gasteiger partial charge in [-0.25, -0.2) is 4.57 Å². The van der Waals surface area contributed by atoms with Crippen LogP contribution in [0.25, 0.3) is 0 Å². The summed E-state index contributed by atoms with van der Waals surface area (Å²) >= 11 is 0. The summed E-state index contributed by atoms with van der Waals surface area (Å²) in [4.78, 5) is 33.0. The molecule has 0 spiro atoms. The van der Waals surface area contributed by atoms with Gasteiger partial charge in [-0.2, -0.15) is 0 Å². The number of allylic oxidation sites excluding steroid dienone is 10. The van der Waals surface area contributed by atoms with E-state index >= 15 is 0 Å². The van der Waals surface area contributed by atoms with Crippen molar-refractivity contribution in [1.82, 2.24) is 0 Å². The Balaban J connectivity index is 4.06. The highest BCUT2D eigenvalue weighted by Crippen LogP contribution is 2.43. The summed E-state index contributed by atoms with van der Waals surface area (Å²) in [6, 6.07) is 0. The fourth-order valence-electron chi connectivity index (χ4n) is 2.89. The lowest BCUT2D eigenvalue weighted by atomic mass is 10.2. The van der Waals surface area contributed by atoms with Crippen molar-refractivity contribution in [2.45, 2.75) is 83.8 Å². The number of rotatable bonds is 24. The minimum absolute atomic E-state index is 0.0651. The minimum atomic E-state index is -4.61. The Morgan fingerprint density at radius 2 is 1.12 bits per heavy atom. The Morgan fingerprint density at radius 3 is 1.55 bits per heavy atom. The zero-order valence-electron chi connectivity index (χ0n) is 23.8. The smallest absolute Gasteiger partial charge is 0.457 e. The third-order valence-corrected chi connectivity index (χ3v) is 6.00. The molecule has 0 aromatic rings. The highest BCUT2D eigenvalue weighted by Gasteiger charge is 2.27. The van der Waals surface area contributed by atoms with E-state index in [1.807, 2.05) is 12.2 Å². The number of carbonyl (C=O) groups excluding carboxylic acids is 2. The zero-order valence-corrected chi connectivity index (χ0v) is 24.7. The molecule has 0 aliphatic heterocycles. The summed E-state index contributed by atoms with van der Waals surface area (Å²) in [6.07, 6.45) is 24.9. The van der Waals surface area contributed by atoms with Gasteiger partial charge in [-0.05, 0) is 44.9 Å². The third kappa shape index (κ3) is 23.5. The molecule has 0 aliphatic carbocycles. The Labute approximate surface area is 238 Å². The molecule has 3 unspecified atom stereocenters. The number of esters is 2. The van der Waals surface area contributed by atoms with Crippen LogP contribution in [-0.4, -0.2) is 65.7 Å². The number of phosphoric ester groups is 1. The fourth-order valence-corrected chi connectivity index (χ4v) is 3.67. The Hall–Kier alpha value is -2.33. The van der Waals surface area contributed by atoms with Gasteiger partial charge in [0.1, 0.15) is 12.2 Å². The average Bonchev–Trinajstić information content (AvgIpc) is 2.94. The summed E-state index contributed by atoms with van der Waals surface area (Å²) in [5.74, 6) is -1.18. The molecule has 10 nitrogen and oxygen atoms in total. The predicted molar refractivity (Wildman–Crippen MR) is 154 cm³/mol. The molecule has 0 fully saturated rings. The van der Waals surface area contributed by atoms with Crippen molar-refractivity contribution < 1.29 is 47.8 Å². The van der Waals surface area contributed by atoms with Crippen LogP contribution in [0.5, 0.6) is 0 Å². The summed E-state index contributed by atoms with van der Waals surface area (Å²) in [5, 5.41) is 18.6. The lowest BCUT2D eigenvalue weighted by Gasteiger charge is -2.20. The summed E-state index contributed by atoms with van der Waals surface area (Å²) in [6.45, 7) is 1.30. The first-order chi connectivity index (χ1) is 19.3. The normalized spacial score (nSPS) is 15.4. The zero-order chi connectivity index (χ0) is 29.9. The average molecular weight is 587 g/mol. The van der Waals surface area contributed by atoms with Crippen LogP contribution < -0.4 is 0 Å². The van der Waals surface area contributed by atoms with E-state index in [2.05, 4.69) is 55.5 Å². The lowest BCUT2D eigenvalue weighted by molar-refractivity contribution is -0.153. The summed E-state index contributed by atoms with van der Waals surface area (Å²) < 4.78 is 31.4. The molecule has 0 rings (SSSR count). The first-order valence-electron chi connectivity index (χ1n) is 13.7. The molecule has 0 saturated carbocycles. The highest BCUT2D eigenvalue weighted by atomic mass is 31.2. The van der Waals surface area contributed by atoms with Gasteiger partial charge in [0.15, 0.2) is 0 Å². The van der Waals surface area contributed by atoms with E-state index in [-0.39, 0.29) is 12.8 Å². The van der Waals surface area contributed by atoms with Crippen LogP contribution in [0.4, 0.5) is 0 Å². The topological polar surface area (TPSA) is 149 Å². The van der Waals surface area contributed by atoms with Crippen molar-refractivity contribution >= 4 is 19.8 Å². The molecule has 0 saturated heterocycles. The molecular formula is C29H47O10P. The van der Waals surface area contributed by atoms with E-state index in [4.69, 9.17) is 23.6 Å². The molecule has 40 heavy (non-hydrogen) atoms. The van der Waals surface area contributed by atoms with Gasteiger partial charge >= 0.3 is 19.8 Å². The van der Waals surface area contributed by atoms with Gasteiger partial charge in [-0.3, -0.25) is 18.6 Å². The predicted octanol–water partition coefficient (Wildman–Crippen LogP) is 5.26. The monoisotopic (exact) mass is 586 g/mol. The van der Waals surface area contributed by atoms with Gasteiger partial charge in [0.2, 0.25) is 0 Å². The van der Waals surface area contributed by atoms with E-state index in [9.17, 15) is 24.2 Å². The van der Waals surface area contributed by atoms with E-state index in [0.29, 0.717) is 12.8 Å². The number of hydrogen-bond donors (Lipinski definition) is 3. The van der Waals surface area contributed by atoms with Gasteiger partial charge in [0.25, 0.3) is 0 Å². The van der Waals surface area contributed by atoms with E-state index in [1.54, 1.807) is 6.92 Å². The molecule has 0 heterocycles. The molecule has 228 valence electrons. The van der Waals surface area contributed by atoms with Crippen molar-refractivity contribution in [3.05, 3.63) is 60.8 Å². The van der Waals surface area contributed by atoms with E-state index in [1.165, 1.54) is 0 Å².